The molecule has 1 rings (SSSR count). The predicted molar refractivity (Wildman–Crippen MR) is 57.1 cm³/mol. The number of carboxylic acid groups (broad SMARTS) is 1. The van der Waals surface area contributed by atoms with Crippen molar-refractivity contribution in [2.24, 2.45) is 0 Å². The fraction of sp³-hybridized carbons (Fsp3) is 0.375. The summed E-state index contributed by atoms with van der Waals surface area (Å²) in [6.45, 7) is 2.91. The maximum absolute atomic E-state index is 13.3. The molecule has 90 valence electrons. The van der Waals surface area contributed by atoms with E-state index in [0.717, 1.165) is 17.4 Å². The monoisotopic (exact) mass is 267 g/mol. The van der Waals surface area contributed by atoms with Crippen molar-refractivity contribution in [1.29, 1.82) is 0 Å². The SMILES string of the molecule is CC(C)(O)c1cc(F)c([S@+]([O-])NC(=O)O)s1. The van der Waals surface area contributed by atoms with Gasteiger partial charge in [0.25, 0.3) is 4.21 Å². The average molecular weight is 267 g/mol. The first kappa shape index (κ1) is 13.2. The zero-order valence-corrected chi connectivity index (χ0v) is 10.1. The van der Waals surface area contributed by atoms with Crippen molar-refractivity contribution < 1.29 is 24.0 Å². The third-order valence-electron chi connectivity index (χ3n) is 1.61. The van der Waals surface area contributed by atoms with Crippen LogP contribution in [0.3, 0.4) is 0 Å². The van der Waals surface area contributed by atoms with Gasteiger partial charge in [0, 0.05) is 4.88 Å². The van der Waals surface area contributed by atoms with E-state index in [0.29, 0.717) is 0 Å². The molecule has 0 bridgehead atoms. The summed E-state index contributed by atoms with van der Waals surface area (Å²) in [4.78, 5) is 10.5. The van der Waals surface area contributed by atoms with E-state index in [2.05, 4.69) is 0 Å². The second-order valence-corrected chi connectivity index (χ2v) is 5.94. The van der Waals surface area contributed by atoms with Crippen LogP contribution in [-0.2, 0) is 17.0 Å². The Bertz CT molecular complexity index is 401. The lowest BCUT2D eigenvalue weighted by atomic mass is 10.1. The summed E-state index contributed by atoms with van der Waals surface area (Å²) in [5.74, 6) is -0.797. The third-order valence-corrected chi connectivity index (χ3v) is 4.42. The Balaban J connectivity index is 2.98. The molecular formula is C8H10FNO4S2. The normalized spacial score (nSPS) is 13.6. The number of thiophene rings is 1. The van der Waals surface area contributed by atoms with Gasteiger partial charge in [-0.25, -0.2) is 9.18 Å². The molecule has 3 N–H and O–H groups in total. The van der Waals surface area contributed by atoms with Crippen LogP contribution in [0.15, 0.2) is 10.3 Å². The van der Waals surface area contributed by atoms with E-state index in [9.17, 15) is 18.8 Å². The van der Waals surface area contributed by atoms with Crippen molar-refractivity contribution in [2.75, 3.05) is 0 Å². The molecule has 0 spiro atoms. The van der Waals surface area contributed by atoms with Crippen LogP contribution in [0.4, 0.5) is 9.18 Å². The van der Waals surface area contributed by atoms with Crippen LogP contribution in [0.2, 0.25) is 0 Å². The number of carbonyl (C=O) groups is 1. The Hall–Kier alpha value is -0.830. The predicted octanol–water partition coefficient (Wildman–Crippen LogP) is 1.40. The van der Waals surface area contributed by atoms with Crippen molar-refractivity contribution >= 4 is 28.8 Å². The third kappa shape index (κ3) is 3.08. The molecule has 0 aliphatic heterocycles. The van der Waals surface area contributed by atoms with Gasteiger partial charge in [-0.3, -0.25) is 0 Å². The molecule has 0 saturated heterocycles. The highest BCUT2D eigenvalue weighted by molar-refractivity contribution is 7.92. The van der Waals surface area contributed by atoms with Gasteiger partial charge < -0.3 is 14.8 Å². The molecule has 16 heavy (non-hydrogen) atoms. The maximum Gasteiger partial charge on any atom is 0.446 e. The van der Waals surface area contributed by atoms with Crippen LogP contribution in [0.25, 0.3) is 0 Å². The Morgan fingerprint density at radius 2 is 2.25 bits per heavy atom. The van der Waals surface area contributed by atoms with E-state index in [4.69, 9.17) is 5.11 Å². The Labute approximate surface area is 98.2 Å². The highest BCUT2D eigenvalue weighted by Gasteiger charge is 2.28. The molecule has 1 amide bonds. The average Bonchev–Trinajstić information content (AvgIpc) is 2.44. The van der Waals surface area contributed by atoms with Crippen molar-refractivity contribution in [1.82, 2.24) is 4.72 Å². The first-order valence-electron chi connectivity index (χ1n) is 4.15. The summed E-state index contributed by atoms with van der Waals surface area (Å²) in [7, 11) is 0. The minimum atomic E-state index is -2.16. The van der Waals surface area contributed by atoms with Crippen LogP contribution in [0.1, 0.15) is 18.7 Å². The van der Waals surface area contributed by atoms with Gasteiger partial charge in [0.2, 0.25) is 0 Å². The smallest absolute Gasteiger partial charge is 0.446 e. The topological polar surface area (TPSA) is 92.6 Å². The lowest BCUT2D eigenvalue weighted by molar-refractivity contribution is 0.0823. The Kier molecular flexibility index (Phi) is 3.79. The molecule has 5 nitrogen and oxygen atoms in total. The van der Waals surface area contributed by atoms with Gasteiger partial charge in [-0.05, 0) is 19.9 Å². The van der Waals surface area contributed by atoms with Gasteiger partial charge >= 0.3 is 6.09 Å². The van der Waals surface area contributed by atoms with E-state index < -0.39 is 28.9 Å². The van der Waals surface area contributed by atoms with Gasteiger partial charge in [-0.15, -0.1) is 4.72 Å². The number of hydrogen-bond donors (Lipinski definition) is 3. The van der Waals surface area contributed by atoms with Crippen molar-refractivity contribution in [3.05, 3.63) is 16.8 Å². The molecule has 0 unspecified atom stereocenters. The molecule has 0 fully saturated rings. The second kappa shape index (κ2) is 4.58. The zero-order chi connectivity index (χ0) is 12.5. The summed E-state index contributed by atoms with van der Waals surface area (Å²) in [5.41, 5.74) is -1.25. The molecule has 0 saturated carbocycles. The summed E-state index contributed by atoms with van der Waals surface area (Å²) >= 11 is -1.39. The maximum atomic E-state index is 13.3. The number of hydrogen-bond acceptors (Lipinski definition) is 4. The van der Waals surface area contributed by atoms with Gasteiger partial charge in [-0.2, -0.15) is 0 Å². The highest BCUT2D eigenvalue weighted by atomic mass is 32.2. The van der Waals surface area contributed by atoms with E-state index in [-0.39, 0.29) is 9.09 Å². The molecule has 1 heterocycles. The summed E-state index contributed by atoms with van der Waals surface area (Å²) in [6, 6.07) is 1.04. The number of aliphatic hydroxyl groups is 1. The number of amides is 1. The van der Waals surface area contributed by atoms with Crippen LogP contribution in [0.5, 0.6) is 0 Å². The molecule has 8 heteroatoms. The molecule has 1 aromatic heterocycles. The van der Waals surface area contributed by atoms with E-state index in [1.807, 2.05) is 0 Å². The fourth-order valence-corrected chi connectivity index (χ4v) is 2.86. The molecular weight excluding hydrogens is 257 g/mol. The quantitative estimate of drug-likeness (QED) is 0.722. The summed E-state index contributed by atoms with van der Waals surface area (Å²) < 4.78 is 26.0. The largest absolute Gasteiger partial charge is 0.587 e. The van der Waals surface area contributed by atoms with E-state index in [1.54, 1.807) is 4.72 Å². The van der Waals surface area contributed by atoms with Gasteiger partial charge in [-0.1, -0.05) is 11.3 Å². The first-order valence-corrected chi connectivity index (χ1v) is 6.12. The lowest BCUT2D eigenvalue weighted by Gasteiger charge is -2.13. The van der Waals surface area contributed by atoms with Crippen molar-refractivity contribution in [3.8, 4) is 0 Å². The minimum absolute atomic E-state index is 0.250. The van der Waals surface area contributed by atoms with Gasteiger partial charge in [0.15, 0.2) is 5.82 Å². The van der Waals surface area contributed by atoms with Crippen LogP contribution >= 0.6 is 11.3 Å². The Morgan fingerprint density at radius 3 is 2.62 bits per heavy atom. The van der Waals surface area contributed by atoms with Crippen LogP contribution in [0, 0.1) is 5.82 Å². The fourth-order valence-electron chi connectivity index (χ4n) is 0.906. The molecule has 1 aromatic rings. The molecule has 0 aromatic carbocycles. The van der Waals surface area contributed by atoms with Gasteiger partial charge in [0.05, 0.1) is 5.60 Å². The van der Waals surface area contributed by atoms with Crippen LogP contribution < -0.4 is 4.72 Å². The van der Waals surface area contributed by atoms with Gasteiger partial charge in [0.1, 0.15) is 11.4 Å². The first-order chi connectivity index (χ1) is 7.21. The molecule has 0 radical (unpaired) electrons. The van der Waals surface area contributed by atoms with Crippen molar-refractivity contribution in [2.45, 2.75) is 23.7 Å². The van der Waals surface area contributed by atoms with Crippen LogP contribution in [-0.4, -0.2) is 20.9 Å². The highest BCUT2D eigenvalue weighted by Crippen LogP contribution is 2.32. The minimum Gasteiger partial charge on any atom is -0.587 e. The summed E-state index contributed by atoms with van der Waals surface area (Å²) in [6.07, 6.45) is -1.50. The number of rotatable bonds is 3. The summed E-state index contributed by atoms with van der Waals surface area (Å²) in [5, 5.41) is 17.9. The number of halogens is 1. The lowest BCUT2D eigenvalue weighted by Crippen LogP contribution is -2.28. The second-order valence-electron chi connectivity index (χ2n) is 3.48. The Morgan fingerprint density at radius 1 is 1.69 bits per heavy atom. The van der Waals surface area contributed by atoms with Crippen molar-refractivity contribution in [3.63, 3.8) is 0 Å². The zero-order valence-electron chi connectivity index (χ0n) is 8.48. The standard InChI is InChI=1S/C8H10FNO4S2/c1-8(2,13)5-3-4(9)6(15-5)16(14)10-7(11)12/h3,10,13H,1-2H3,(H,11,12)/t16-/m0/s1. The molecule has 1 atom stereocenters. The van der Waals surface area contributed by atoms with E-state index in [1.165, 1.54) is 13.8 Å². The number of nitrogens with one attached hydrogen (secondary N) is 1. The van der Waals surface area contributed by atoms with E-state index >= 15 is 0 Å². The molecule has 0 aliphatic rings. The molecule has 0 aliphatic carbocycles.